The van der Waals surface area contributed by atoms with Gasteiger partial charge in [0.1, 0.15) is 0 Å². The molecule has 0 aromatic rings. The van der Waals surface area contributed by atoms with Gasteiger partial charge in [-0.05, 0) is 16.6 Å². The summed E-state index contributed by atoms with van der Waals surface area (Å²) in [4.78, 5) is 0. The number of hydrogen-bond donors (Lipinski definition) is 0. The van der Waals surface area contributed by atoms with E-state index in [0.29, 0.717) is 0 Å². The zero-order valence-electron chi connectivity index (χ0n) is 3.94. The molecule has 0 radical (unpaired) electrons. The van der Waals surface area contributed by atoms with Crippen LogP contribution in [0.5, 0.6) is 0 Å². The van der Waals surface area contributed by atoms with Crippen LogP contribution in [-0.2, 0) is 0 Å². The Balaban J connectivity index is 2.89. The third-order valence-electron chi connectivity index (χ3n) is 0.672. The summed E-state index contributed by atoms with van der Waals surface area (Å²) >= 11 is 0. The predicted molar refractivity (Wildman–Crippen MR) is 44.0 cm³/mol. The van der Waals surface area contributed by atoms with E-state index in [1.807, 2.05) is 0 Å². The van der Waals surface area contributed by atoms with Crippen LogP contribution in [0, 0.1) is 0 Å². The van der Waals surface area contributed by atoms with E-state index in [2.05, 4.69) is 0 Å². The zero-order valence-corrected chi connectivity index (χ0v) is 6.83. The highest BCUT2D eigenvalue weighted by atomic mass is 31.2. The quantitative estimate of drug-likeness (QED) is 0.492. The summed E-state index contributed by atoms with van der Waals surface area (Å²) in [5.74, 6) is 0. The molecule has 8 heavy (non-hydrogen) atoms. The lowest BCUT2D eigenvalue weighted by Gasteiger charge is -1.92. The van der Waals surface area contributed by atoms with Crippen molar-refractivity contribution in [3.8, 4) is 0 Å². The normalized spacial score (nSPS) is 37.8. The molecule has 1 aliphatic rings. The molecule has 0 fully saturated rings. The third-order valence-corrected chi connectivity index (χ3v) is 6.04. The van der Waals surface area contributed by atoms with Crippen molar-refractivity contribution >= 4 is 40.5 Å². The van der Waals surface area contributed by atoms with E-state index in [0.717, 1.165) is 8.20 Å². The first kappa shape index (κ1) is 6.75. The summed E-state index contributed by atoms with van der Waals surface area (Å²) in [6, 6.07) is 0. The molecule has 5 heteroatoms. The second kappa shape index (κ2) is 2.97. The van der Waals surface area contributed by atoms with Gasteiger partial charge >= 0.3 is 0 Å². The van der Waals surface area contributed by atoms with Gasteiger partial charge in [0, 0.05) is 0 Å². The molecule has 0 N–H and O–H groups in total. The van der Waals surface area contributed by atoms with Crippen LogP contribution in [0.25, 0.3) is 0 Å². The molecule has 0 amide bonds. The van der Waals surface area contributed by atoms with Gasteiger partial charge in [-0.3, -0.25) is 0 Å². The van der Waals surface area contributed by atoms with Crippen molar-refractivity contribution in [1.29, 1.82) is 0 Å². The van der Waals surface area contributed by atoms with Crippen molar-refractivity contribution in [2.75, 3.05) is 0 Å². The second-order valence-corrected chi connectivity index (χ2v) is 6.38. The standard InChI is InChI=1S/C3H5F2P3/c4-7-1-6-2-8(5)3-7/h1-3,7-8H. The Morgan fingerprint density at radius 1 is 1.25 bits per heavy atom. The lowest BCUT2D eigenvalue weighted by atomic mass is 11.9. The molecule has 0 saturated carbocycles. The number of hydrogen-bond acceptors (Lipinski definition) is 0. The molecular weight excluding hydrogens is 167 g/mol. The van der Waals surface area contributed by atoms with Crippen LogP contribution >= 0.6 is 23.9 Å². The molecule has 0 saturated heterocycles. The minimum Gasteiger partial charge on any atom is -0.228 e. The molecular formula is C3H5F2P3. The Morgan fingerprint density at radius 2 is 2.00 bits per heavy atom. The Morgan fingerprint density at radius 3 is 2.38 bits per heavy atom. The maximum absolute atomic E-state index is 12.2. The van der Waals surface area contributed by atoms with E-state index >= 15 is 0 Å². The minimum absolute atomic E-state index is 0.746. The first-order valence-corrected chi connectivity index (χ1v) is 6.15. The Kier molecular flexibility index (Phi) is 2.50. The van der Waals surface area contributed by atoms with Crippen molar-refractivity contribution in [1.82, 2.24) is 0 Å². The van der Waals surface area contributed by atoms with Gasteiger partial charge in [-0.15, -0.1) is 0 Å². The van der Waals surface area contributed by atoms with E-state index in [-0.39, 0.29) is 0 Å². The van der Waals surface area contributed by atoms with Crippen LogP contribution in [-0.4, -0.2) is 16.6 Å². The summed E-state index contributed by atoms with van der Waals surface area (Å²) in [7, 11) is -3.18. The molecule has 46 valence electrons. The predicted octanol–water partition coefficient (Wildman–Crippen LogP) is 2.42. The van der Waals surface area contributed by atoms with Gasteiger partial charge in [0.05, 0.1) is 15.7 Å². The molecule has 0 nitrogen and oxygen atoms in total. The van der Waals surface area contributed by atoms with Gasteiger partial charge in [-0.1, -0.05) is 8.20 Å². The molecule has 1 heterocycles. The van der Waals surface area contributed by atoms with Crippen LogP contribution in [0.4, 0.5) is 8.39 Å². The lowest BCUT2D eigenvalue weighted by Crippen LogP contribution is -1.64. The SMILES string of the molecule is F[PH]1=CP=C[PH](F)=C1. The fraction of sp³-hybridized carbons (Fsp3) is 0. The summed E-state index contributed by atoms with van der Waals surface area (Å²) in [6.45, 7) is 0. The van der Waals surface area contributed by atoms with E-state index in [1.165, 1.54) is 16.6 Å². The Labute approximate surface area is 49.7 Å². The summed E-state index contributed by atoms with van der Waals surface area (Å²) < 4.78 is 24.4. The molecule has 0 aliphatic carbocycles. The van der Waals surface area contributed by atoms with Crippen molar-refractivity contribution in [2.45, 2.75) is 0 Å². The topological polar surface area (TPSA) is 0 Å². The average molecular weight is 172 g/mol. The summed E-state index contributed by atoms with van der Waals surface area (Å²) in [5.41, 5.74) is 4.28. The average Bonchev–Trinajstić information content (AvgIpc) is 1.64. The van der Waals surface area contributed by atoms with E-state index in [9.17, 15) is 8.39 Å². The van der Waals surface area contributed by atoms with Gasteiger partial charge in [-0.2, -0.15) is 0 Å². The van der Waals surface area contributed by atoms with Crippen molar-refractivity contribution < 1.29 is 8.39 Å². The largest absolute Gasteiger partial charge is 0.228 e. The first-order valence-electron chi connectivity index (χ1n) is 2.05. The maximum Gasteiger partial charge on any atom is 0.0719 e. The molecule has 2 unspecified atom stereocenters. The van der Waals surface area contributed by atoms with Crippen LogP contribution < -0.4 is 0 Å². The van der Waals surface area contributed by atoms with Gasteiger partial charge in [-0.25, -0.2) is 8.39 Å². The highest BCUT2D eigenvalue weighted by molar-refractivity contribution is 8.00. The van der Waals surface area contributed by atoms with Crippen LogP contribution in [0.2, 0.25) is 0 Å². The number of rotatable bonds is 0. The number of halogens is 2. The smallest absolute Gasteiger partial charge is 0.0719 e. The van der Waals surface area contributed by atoms with Gasteiger partial charge in [0.15, 0.2) is 0 Å². The van der Waals surface area contributed by atoms with Crippen LogP contribution in [0.3, 0.4) is 0 Å². The third kappa shape index (κ3) is 1.86. The molecule has 0 spiro atoms. The van der Waals surface area contributed by atoms with Crippen molar-refractivity contribution in [3.63, 3.8) is 0 Å². The van der Waals surface area contributed by atoms with E-state index in [1.54, 1.807) is 0 Å². The van der Waals surface area contributed by atoms with E-state index < -0.39 is 15.7 Å². The zero-order chi connectivity index (χ0) is 5.98. The molecule has 1 rings (SSSR count). The molecule has 2 atom stereocenters. The fourth-order valence-corrected chi connectivity index (χ4v) is 5.49. The Hall–Kier alpha value is 0.630. The van der Waals surface area contributed by atoms with Crippen molar-refractivity contribution in [2.24, 2.45) is 0 Å². The second-order valence-electron chi connectivity index (χ2n) is 1.32. The minimum atomic E-state index is -1.97. The lowest BCUT2D eigenvalue weighted by molar-refractivity contribution is 0.925. The molecule has 0 bridgehead atoms. The fourth-order valence-electron chi connectivity index (χ4n) is 0.386. The van der Waals surface area contributed by atoms with Gasteiger partial charge < -0.3 is 0 Å². The monoisotopic (exact) mass is 172 g/mol. The Bertz CT molecular complexity index is 178. The highest BCUT2D eigenvalue weighted by Crippen LogP contribution is 2.37. The van der Waals surface area contributed by atoms with Gasteiger partial charge in [0.2, 0.25) is 0 Å². The summed E-state index contributed by atoms with van der Waals surface area (Å²) in [6.07, 6.45) is 0. The summed E-state index contributed by atoms with van der Waals surface area (Å²) in [5, 5.41) is 0. The van der Waals surface area contributed by atoms with Crippen molar-refractivity contribution in [3.05, 3.63) is 0 Å². The maximum atomic E-state index is 12.2. The molecule has 1 aliphatic heterocycles. The molecule has 0 aromatic heterocycles. The van der Waals surface area contributed by atoms with E-state index in [4.69, 9.17) is 0 Å². The first-order chi connectivity index (χ1) is 3.79. The van der Waals surface area contributed by atoms with Crippen LogP contribution in [0.15, 0.2) is 0 Å². The molecule has 0 aromatic carbocycles. The van der Waals surface area contributed by atoms with Gasteiger partial charge in [0.25, 0.3) is 0 Å². The van der Waals surface area contributed by atoms with Crippen LogP contribution in [0.1, 0.15) is 0 Å². The highest BCUT2D eigenvalue weighted by Gasteiger charge is 1.92.